The van der Waals surface area contributed by atoms with Crippen molar-refractivity contribution < 1.29 is 23.4 Å². The Kier molecular flexibility index (Phi) is 6.42. The topological polar surface area (TPSA) is 44.6 Å². The van der Waals surface area contributed by atoms with Crippen LogP contribution in [0.2, 0.25) is 0 Å². The van der Waals surface area contributed by atoms with Gasteiger partial charge in [-0.1, -0.05) is 26.0 Å². The van der Waals surface area contributed by atoms with Crippen molar-refractivity contribution in [3.63, 3.8) is 0 Å². The molecule has 1 atom stereocenters. The molecular formula is C25H30F5N5. The van der Waals surface area contributed by atoms with Gasteiger partial charge in [-0.2, -0.15) is 5.10 Å². The molecule has 10 heteroatoms. The molecule has 0 fully saturated rings. The van der Waals surface area contributed by atoms with Crippen LogP contribution in [0.25, 0.3) is 22.0 Å². The minimum absolute atomic E-state index is 0. The highest BCUT2D eigenvalue weighted by Crippen LogP contribution is 2.50. The van der Waals surface area contributed by atoms with Crippen LogP contribution in [0.5, 0.6) is 0 Å². The Morgan fingerprint density at radius 3 is 2.51 bits per heavy atom. The van der Waals surface area contributed by atoms with Crippen LogP contribution in [-0.2, 0) is 6.54 Å². The number of hydrogen-bond acceptors (Lipinski definition) is 4. The smallest absolute Gasteiger partial charge is 0.266 e. The molecule has 0 radical (unpaired) electrons. The number of hydrogen-bond donors (Lipinski definition) is 2. The number of aromatic nitrogens is 1. The standard InChI is InChI=1S/C23H22F5N5.C2H6.H2/c1-11-30-31-22-23(2,3)29-15-9-14(24)18(19(21(27)28)20(15)33(11)22)13-5-4-6-16-12(13)7-8-32(16)10-17(25)26;1-2;/h4-9,17,21-22,29,31H,10H2,1-3H3;1-2H3;1H. The summed E-state index contributed by atoms with van der Waals surface area (Å²) in [5.74, 6) is -0.335. The van der Waals surface area contributed by atoms with Gasteiger partial charge in [0.05, 0.1) is 29.0 Å². The quantitative estimate of drug-likeness (QED) is 0.377. The van der Waals surface area contributed by atoms with Crippen LogP contribution in [0.15, 0.2) is 41.6 Å². The molecule has 2 N–H and O–H groups in total. The first kappa shape index (κ1) is 24.8. The van der Waals surface area contributed by atoms with Crippen molar-refractivity contribution in [2.45, 2.75) is 65.7 Å². The number of nitrogens with zero attached hydrogens (tertiary/aromatic N) is 3. The third-order valence-electron chi connectivity index (χ3n) is 6.26. The van der Waals surface area contributed by atoms with Gasteiger partial charge in [0.1, 0.15) is 17.8 Å². The van der Waals surface area contributed by atoms with Crippen molar-refractivity contribution in [3.05, 3.63) is 47.9 Å². The van der Waals surface area contributed by atoms with E-state index in [4.69, 9.17) is 0 Å². The number of fused-ring (bicyclic) bond motifs is 4. The number of hydrazone groups is 1. The maximum Gasteiger partial charge on any atom is 0.266 e. The summed E-state index contributed by atoms with van der Waals surface area (Å²) < 4.78 is 72.2. The number of anilines is 2. The molecule has 2 aliphatic heterocycles. The van der Waals surface area contributed by atoms with E-state index in [2.05, 4.69) is 15.8 Å². The Bertz CT molecular complexity index is 1290. The average Bonchev–Trinajstić information content (AvgIpc) is 3.38. The minimum atomic E-state index is -3.00. The van der Waals surface area contributed by atoms with Gasteiger partial charge in [0.25, 0.3) is 12.9 Å². The monoisotopic (exact) mass is 495 g/mol. The summed E-state index contributed by atoms with van der Waals surface area (Å²) in [6.07, 6.45) is -4.58. The van der Waals surface area contributed by atoms with Crippen molar-refractivity contribution in [2.24, 2.45) is 5.10 Å². The molecule has 3 aromatic rings. The number of alkyl halides is 4. The number of rotatable bonds is 4. The summed E-state index contributed by atoms with van der Waals surface area (Å²) in [6.45, 7) is 8.89. The lowest BCUT2D eigenvalue weighted by molar-refractivity contribution is 0.128. The Labute approximate surface area is 202 Å². The van der Waals surface area contributed by atoms with Crippen molar-refractivity contribution in [3.8, 4) is 11.1 Å². The molecule has 190 valence electrons. The summed E-state index contributed by atoms with van der Waals surface area (Å²) in [5.41, 5.74) is 2.66. The first-order valence-electron chi connectivity index (χ1n) is 11.5. The summed E-state index contributed by atoms with van der Waals surface area (Å²) in [5, 5.41) is 7.81. The van der Waals surface area contributed by atoms with Gasteiger partial charge in [-0.3, -0.25) is 5.43 Å². The largest absolute Gasteiger partial charge is 0.374 e. The maximum absolute atomic E-state index is 15.6. The summed E-state index contributed by atoms with van der Waals surface area (Å²) in [4.78, 5) is 1.67. The van der Waals surface area contributed by atoms with Crippen LogP contribution in [0.1, 0.15) is 48.0 Å². The van der Waals surface area contributed by atoms with E-state index >= 15 is 4.39 Å². The molecule has 5 nitrogen and oxygen atoms in total. The van der Waals surface area contributed by atoms with Gasteiger partial charge in [-0.15, -0.1) is 0 Å². The lowest BCUT2D eigenvalue weighted by atomic mass is 9.89. The van der Waals surface area contributed by atoms with Gasteiger partial charge in [0.15, 0.2) is 0 Å². The number of nitrogens with one attached hydrogen (secondary N) is 2. The third-order valence-corrected chi connectivity index (χ3v) is 6.26. The Morgan fingerprint density at radius 1 is 1.14 bits per heavy atom. The van der Waals surface area contributed by atoms with Crippen LogP contribution in [0, 0.1) is 5.82 Å². The molecule has 0 amide bonds. The van der Waals surface area contributed by atoms with Gasteiger partial charge in [0.2, 0.25) is 0 Å². The molecule has 0 aliphatic carbocycles. The van der Waals surface area contributed by atoms with E-state index in [9.17, 15) is 17.6 Å². The number of benzene rings is 2. The fourth-order valence-corrected chi connectivity index (χ4v) is 4.89. The lowest BCUT2D eigenvalue weighted by Gasteiger charge is -2.46. The second-order valence-corrected chi connectivity index (χ2v) is 8.85. The van der Waals surface area contributed by atoms with Crippen LogP contribution < -0.4 is 15.6 Å². The normalized spacial score (nSPS) is 18.0. The first-order chi connectivity index (χ1) is 16.6. The van der Waals surface area contributed by atoms with Crippen LogP contribution >= 0.6 is 0 Å². The minimum Gasteiger partial charge on any atom is -0.374 e. The molecule has 1 aromatic heterocycles. The fourth-order valence-electron chi connectivity index (χ4n) is 4.89. The zero-order valence-electron chi connectivity index (χ0n) is 20.1. The van der Waals surface area contributed by atoms with Gasteiger partial charge < -0.3 is 14.8 Å². The molecule has 5 rings (SSSR count). The summed E-state index contributed by atoms with van der Waals surface area (Å²) >= 11 is 0. The third kappa shape index (κ3) is 3.98. The van der Waals surface area contributed by atoms with Gasteiger partial charge in [-0.05, 0) is 44.5 Å². The highest BCUT2D eigenvalue weighted by molar-refractivity contribution is 6.06. The maximum atomic E-state index is 15.6. The molecule has 2 aromatic carbocycles. The highest BCUT2D eigenvalue weighted by atomic mass is 19.3. The van der Waals surface area contributed by atoms with E-state index in [1.807, 2.05) is 27.7 Å². The average molecular weight is 496 g/mol. The van der Waals surface area contributed by atoms with Crippen LogP contribution in [0.4, 0.5) is 33.3 Å². The van der Waals surface area contributed by atoms with Crippen LogP contribution in [0.3, 0.4) is 0 Å². The van der Waals surface area contributed by atoms with Gasteiger partial charge in [0, 0.05) is 24.1 Å². The molecule has 1 unspecified atom stereocenters. The lowest BCUT2D eigenvalue weighted by Crippen LogP contribution is -2.60. The molecule has 0 bridgehead atoms. The van der Waals surface area contributed by atoms with Crippen molar-refractivity contribution in [2.75, 3.05) is 10.2 Å². The van der Waals surface area contributed by atoms with Crippen molar-refractivity contribution >= 4 is 28.1 Å². The van der Waals surface area contributed by atoms with Crippen molar-refractivity contribution in [1.29, 1.82) is 0 Å². The zero-order valence-corrected chi connectivity index (χ0v) is 20.1. The van der Waals surface area contributed by atoms with E-state index in [-0.39, 0.29) is 23.9 Å². The van der Waals surface area contributed by atoms with E-state index < -0.39 is 42.5 Å². The highest BCUT2D eigenvalue weighted by Gasteiger charge is 2.46. The van der Waals surface area contributed by atoms with E-state index in [1.54, 1.807) is 30.0 Å². The Morgan fingerprint density at radius 2 is 1.86 bits per heavy atom. The molecular weight excluding hydrogens is 465 g/mol. The van der Waals surface area contributed by atoms with Crippen molar-refractivity contribution in [1.82, 2.24) is 9.99 Å². The summed E-state index contributed by atoms with van der Waals surface area (Å²) in [7, 11) is 0. The zero-order chi connectivity index (χ0) is 25.7. The van der Waals surface area contributed by atoms with E-state index in [0.717, 1.165) is 0 Å². The molecule has 3 heterocycles. The van der Waals surface area contributed by atoms with Gasteiger partial charge in [-0.25, -0.2) is 22.0 Å². The number of halogens is 5. The summed E-state index contributed by atoms with van der Waals surface area (Å²) in [6, 6.07) is 7.47. The van der Waals surface area contributed by atoms with E-state index in [0.29, 0.717) is 16.7 Å². The first-order valence-corrected chi connectivity index (χ1v) is 11.5. The second kappa shape index (κ2) is 9.05. The SMILES string of the molecule is CC.CC1=NNC2N1c1c(cc(F)c(-c3cccc4c3ccn4CC(F)F)c1C(F)F)NC2(C)C.[HH]. The van der Waals surface area contributed by atoms with Gasteiger partial charge >= 0.3 is 0 Å². The molecule has 2 aliphatic rings. The van der Waals surface area contributed by atoms with E-state index in [1.165, 1.54) is 22.9 Å². The molecule has 35 heavy (non-hydrogen) atoms. The fraction of sp³-hybridized carbons (Fsp3) is 0.400. The van der Waals surface area contributed by atoms with Crippen LogP contribution in [-0.4, -0.2) is 28.5 Å². The number of amidine groups is 1. The predicted molar refractivity (Wildman–Crippen MR) is 132 cm³/mol. The molecule has 0 saturated carbocycles. The molecule has 0 saturated heterocycles. The Hall–Kier alpha value is -3.30. The molecule has 0 spiro atoms. The Balaban J connectivity index is 0.00000117. The second-order valence-electron chi connectivity index (χ2n) is 8.85. The predicted octanol–water partition coefficient (Wildman–Crippen LogP) is 7.20.